The van der Waals surface area contributed by atoms with Crippen molar-refractivity contribution in [3.05, 3.63) is 0 Å². The first-order chi connectivity index (χ1) is 3.77. The standard InChI is InChI=1S/C3H6N2O3/c4-1-8-2-5-3(6)7/h1,4-5H,2H2,(H,6,7). The van der Waals surface area contributed by atoms with E-state index in [2.05, 4.69) is 4.74 Å². The molecule has 3 N–H and O–H groups in total. The smallest absolute Gasteiger partial charge is 0.407 e. The van der Waals surface area contributed by atoms with Gasteiger partial charge in [-0.3, -0.25) is 10.7 Å². The molecule has 0 radical (unpaired) electrons. The number of rotatable bonds is 3. The van der Waals surface area contributed by atoms with E-state index in [9.17, 15) is 4.79 Å². The van der Waals surface area contributed by atoms with Gasteiger partial charge < -0.3 is 9.84 Å². The molecule has 0 saturated carbocycles. The summed E-state index contributed by atoms with van der Waals surface area (Å²) in [6.07, 6.45) is -0.498. The summed E-state index contributed by atoms with van der Waals surface area (Å²) in [6.45, 7) is -0.168. The molecule has 5 nitrogen and oxygen atoms in total. The lowest BCUT2D eigenvalue weighted by Gasteiger charge is -1.95. The highest BCUT2D eigenvalue weighted by Gasteiger charge is 1.87. The molecule has 0 aliphatic rings. The summed E-state index contributed by atoms with van der Waals surface area (Å²) < 4.78 is 4.19. The van der Waals surface area contributed by atoms with E-state index in [-0.39, 0.29) is 6.73 Å². The number of ether oxygens (including phenoxy) is 1. The molecule has 0 aromatic heterocycles. The Kier molecular flexibility index (Phi) is 3.30. The Bertz CT molecular complexity index is 92.5. The minimum Gasteiger partial charge on any atom is -0.465 e. The van der Waals surface area contributed by atoms with Crippen molar-refractivity contribution >= 4 is 12.5 Å². The second-order valence-corrected chi connectivity index (χ2v) is 0.911. The average molecular weight is 118 g/mol. The number of hydrogen-bond donors (Lipinski definition) is 3. The van der Waals surface area contributed by atoms with Gasteiger partial charge in [-0.05, 0) is 0 Å². The van der Waals surface area contributed by atoms with Gasteiger partial charge >= 0.3 is 6.09 Å². The van der Waals surface area contributed by atoms with Crippen molar-refractivity contribution in [1.29, 1.82) is 5.41 Å². The fourth-order valence-electron chi connectivity index (χ4n) is 0.145. The van der Waals surface area contributed by atoms with Gasteiger partial charge in [-0.15, -0.1) is 0 Å². The Balaban J connectivity index is 2.93. The summed E-state index contributed by atoms with van der Waals surface area (Å²) in [4.78, 5) is 9.61. The molecule has 0 unspecified atom stereocenters. The topological polar surface area (TPSA) is 82.4 Å². The van der Waals surface area contributed by atoms with Crippen molar-refractivity contribution in [3.63, 3.8) is 0 Å². The van der Waals surface area contributed by atoms with E-state index in [1.807, 2.05) is 5.32 Å². The molecule has 0 heterocycles. The third kappa shape index (κ3) is 4.74. The van der Waals surface area contributed by atoms with Crippen molar-refractivity contribution in [2.75, 3.05) is 6.73 Å². The summed E-state index contributed by atoms with van der Waals surface area (Å²) in [7, 11) is 0. The maximum Gasteiger partial charge on any atom is 0.407 e. The van der Waals surface area contributed by atoms with E-state index in [0.29, 0.717) is 6.40 Å². The fourth-order valence-corrected chi connectivity index (χ4v) is 0.145. The van der Waals surface area contributed by atoms with Crippen LogP contribution in [0.15, 0.2) is 0 Å². The van der Waals surface area contributed by atoms with E-state index >= 15 is 0 Å². The van der Waals surface area contributed by atoms with Gasteiger partial charge in [-0.2, -0.15) is 0 Å². The van der Waals surface area contributed by atoms with Crippen LogP contribution in [0.4, 0.5) is 4.79 Å². The zero-order valence-corrected chi connectivity index (χ0v) is 4.05. The average Bonchev–Trinajstić information content (AvgIpc) is 1.66. The molecule has 0 fully saturated rings. The van der Waals surface area contributed by atoms with E-state index in [1.165, 1.54) is 0 Å². The molecule has 0 atom stereocenters. The molecule has 8 heavy (non-hydrogen) atoms. The van der Waals surface area contributed by atoms with Crippen molar-refractivity contribution in [2.24, 2.45) is 0 Å². The predicted molar refractivity (Wildman–Crippen MR) is 25.9 cm³/mol. The molecular formula is C3H6N2O3. The number of nitrogens with one attached hydrogen (secondary N) is 2. The third-order valence-electron chi connectivity index (χ3n) is 0.390. The Morgan fingerprint density at radius 2 is 2.62 bits per heavy atom. The van der Waals surface area contributed by atoms with Crippen LogP contribution in [0.3, 0.4) is 0 Å². The Morgan fingerprint density at radius 1 is 2.00 bits per heavy atom. The van der Waals surface area contributed by atoms with Crippen LogP contribution in [-0.4, -0.2) is 24.3 Å². The Hall–Kier alpha value is -1.26. The molecule has 0 bridgehead atoms. The summed E-state index contributed by atoms with van der Waals surface area (Å²) in [5.74, 6) is 0. The van der Waals surface area contributed by atoms with Gasteiger partial charge in [0.25, 0.3) is 0 Å². The summed E-state index contributed by atoms with van der Waals surface area (Å²) in [5.41, 5.74) is 0. The van der Waals surface area contributed by atoms with Gasteiger partial charge in [0.15, 0.2) is 13.1 Å². The van der Waals surface area contributed by atoms with E-state index in [1.54, 1.807) is 0 Å². The van der Waals surface area contributed by atoms with E-state index in [4.69, 9.17) is 10.5 Å². The normalized spacial score (nSPS) is 7.50. The molecule has 46 valence electrons. The van der Waals surface area contributed by atoms with Gasteiger partial charge in [-0.1, -0.05) is 0 Å². The first-order valence-corrected chi connectivity index (χ1v) is 1.84. The van der Waals surface area contributed by atoms with Crippen molar-refractivity contribution in [1.82, 2.24) is 5.32 Å². The Labute approximate surface area is 45.8 Å². The van der Waals surface area contributed by atoms with Crippen LogP contribution in [0.5, 0.6) is 0 Å². The molecular weight excluding hydrogens is 112 g/mol. The number of carbonyl (C=O) groups is 1. The van der Waals surface area contributed by atoms with E-state index < -0.39 is 6.09 Å². The van der Waals surface area contributed by atoms with Crippen LogP contribution in [0, 0.1) is 5.41 Å². The second-order valence-electron chi connectivity index (χ2n) is 0.911. The molecule has 0 saturated heterocycles. The van der Waals surface area contributed by atoms with Gasteiger partial charge in [0.1, 0.15) is 0 Å². The summed E-state index contributed by atoms with van der Waals surface area (Å²) in [5, 5.41) is 16.0. The Morgan fingerprint density at radius 3 is 3.00 bits per heavy atom. The van der Waals surface area contributed by atoms with Gasteiger partial charge in [0.05, 0.1) is 0 Å². The maximum atomic E-state index is 9.61. The minimum absolute atomic E-state index is 0.168. The molecule has 0 spiro atoms. The van der Waals surface area contributed by atoms with Crippen LogP contribution < -0.4 is 5.32 Å². The molecule has 1 amide bonds. The second kappa shape index (κ2) is 3.91. The van der Waals surface area contributed by atoms with Crippen LogP contribution in [0.1, 0.15) is 0 Å². The van der Waals surface area contributed by atoms with Gasteiger partial charge in [0.2, 0.25) is 0 Å². The first kappa shape index (κ1) is 6.74. The van der Waals surface area contributed by atoms with Gasteiger partial charge in [0, 0.05) is 0 Å². The third-order valence-corrected chi connectivity index (χ3v) is 0.390. The highest BCUT2D eigenvalue weighted by atomic mass is 16.5. The minimum atomic E-state index is -1.16. The number of carboxylic acid groups (broad SMARTS) is 1. The molecule has 0 rings (SSSR count). The zero-order valence-electron chi connectivity index (χ0n) is 4.05. The zero-order chi connectivity index (χ0) is 6.41. The van der Waals surface area contributed by atoms with Crippen LogP contribution in [0.2, 0.25) is 0 Å². The largest absolute Gasteiger partial charge is 0.465 e. The predicted octanol–water partition coefficient (Wildman–Crippen LogP) is -0.165. The lowest BCUT2D eigenvalue weighted by molar-refractivity contribution is 0.179. The van der Waals surface area contributed by atoms with Crippen molar-refractivity contribution in [2.45, 2.75) is 0 Å². The monoisotopic (exact) mass is 118 g/mol. The quantitative estimate of drug-likeness (QED) is 0.208. The van der Waals surface area contributed by atoms with Crippen LogP contribution in [-0.2, 0) is 4.74 Å². The molecule has 0 aromatic rings. The number of hydrogen-bond acceptors (Lipinski definition) is 3. The van der Waals surface area contributed by atoms with Crippen LogP contribution in [0.25, 0.3) is 0 Å². The lowest BCUT2D eigenvalue weighted by atomic mass is 11.0. The van der Waals surface area contributed by atoms with Gasteiger partial charge in [-0.25, -0.2) is 4.79 Å². The first-order valence-electron chi connectivity index (χ1n) is 1.84. The molecule has 0 aromatic carbocycles. The summed E-state index contributed by atoms with van der Waals surface area (Å²) in [6, 6.07) is 0. The lowest BCUT2D eigenvalue weighted by Crippen LogP contribution is -2.23. The summed E-state index contributed by atoms with van der Waals surface area (Å²) >= 11 is 0. The number of amides is 1. The molecule has 5 heteroatoms. The van der Waals surface area contributed by atoms with Crippen molar-refractivity contribution < 1.29 is 14.6 Å². The highest BCUT2D eigenvalue weighted by molar-refractivity contribution is 5.64. The molecule has 0 aliphatic carbocycles. The maximum absolute atomic E-state index is 9.61. The fraction of sp³-hybridized carbons (Fsp3) is 0.333. The highest BCUT2D eigenvalue weighted by Crippen LogP contribution is 1.61. The van der Waals surface area contributed by atoms with Crippen molar-refractivity contribution in [3.8, 4) is 0 Å². The van der Waals surface area contributed by atoms with Crippen LogP contribution >= 0.6 is 0 Å². The van der Waals surface area contributed by atoms with E-state index in [0.717, 1.165) is 0 Å². The molecule has 0 aliphatic heterocycles. The SMILES string of the molecule is N=COCNC(=O)O.